The predicted molar refractivity (Wildman–Crippen MR) is 107 cm³/mol. The Bertz CT molecular complexity index is 1080. The second kappa shape index (κ2) is 8.64. The summed E-state index contributed by atoms with van der Waals surface area (Å²) in [4.78, 5) is 18.8. The number of aryl methyl sites for hydroxylation is 1. The van der Waals surface area contributed by atoms with Gasteiger partial charge >= 0.3 is 0 Å². The van der Waals surface area contributed by atoms with Gasteiger partial charge in [0.1, 0.15) is 12.2 Å². The number of hydrogen-bond acceptors (Lipinski definition) is 3. The van der Waals surface area contributed by atoms with E-state index in [9.17, 15) is 22.4 Å². The number of nitrogens with zero attached hydrogens (tertiary/aromatic N) is 4. The fourth-order valence-corrected chi connectivity index (χ4v) is 4.27. The largest absolute Gasteiger partial charge is 0.334 e. The van der Waals surface area contributed by atoms with E-state index >= 15 is 0 Å². The Kier molecular flexibility index (Phi) is 5.93. The Morgan fingerprint density at radius 3 is 2.55 bits per heavy atom. The fourth-order valence-electron chi connectivity index (χ4n) is 4.27. The molecule has 1 aliphatic heterocycles. The first-order valence-electron chi connectivity index (χ1n) is 10.2. The minimum atomic E-state index is -3.01. The molecular formula is C22H22F4N4O. The van der Waals surface area contributed by atoms with Gasteiger partial charge in [-0.05, 0) is 37.8 Å². The third-order valence-electron chi connectivity index (χ3n) is 5.68. The van der Waals surface area contributed by atoms with Gasteiger partial charge < -0.3 is 4.90 Å². The van der Waals surface area contributed by atoms with E-state index in [0.29, 0.717) is 12.6 Å². The molecule has 31 heavy (non-hydrogen) atoms. The molecule has 0 bridgehead atoms. The van der Waals surface area contributed by atoms with Crippen molar-refractivity contribution in [2.75, 3.05) is 6.54 Å². The van der Waals surface area contributed by atoms with Crippen molar-refractivity contribution in [3.63, 3.8) is 0 Å². The zero-order chi connectivity index (χ0) is 22.1. The molecule has 1 unspecified atom stereocenters. The quantitative estimate of drug-likeness (QED) is 0.508. The molecule has 1 fully saturated rings. The molecule has 1 amide bonds. The van der Waals surface area contributed by atoms with Crippen molar-refractivity contribution < 1.29 is 22.4 Å². The Hall–Kier alpha value is -2.97. The van der Waals surface area contributed by atoms with Gasteiger partial charge in [-0.15, -0.1) is 0 Å². The summed E-state index contributed by atoms with van der Waals surface area (Å²) in [5.74, 6) is -0.249. The summed E-state index contributed by atoms with van der Waals surface area (Å²) in [7, 11) is 0. The number of likely N-dealkylation sites (tertiary alicyclic amines) is 1. The summed E-state index contributed by atoms with van der Waals surface area (Å²) in [6.45, 7) is 1.82. The first kappa shape index (κ1) is 21.3. The molecule has 0 saturated carbocycles. The van der Waals surface area contributed by atoms with E-state index in [1.54, 1.807) is 4.90 Å². The van der Waals surface area contributed by atoms with Crippen LogP contribution in [-0.4, -0.2) is 32.1 Å². The van der Waals surface area contributed by atoms with Crippen LogP contribution in [0.3, 0.4) is 0 Å². The Balaban J connectivity index is 1.70. The topological polar surface area (TPSA) is 51.0 Å². The summed E-state index contributed by atoms with van der Waals surface area (Å²) in [5, 5.41) is 4.21. The number of rotatable bonds is 5. The number of carbonyl (C=O) groups is 1. The van der Waals surface area contributed by atoms with Crippen LogP contribution in [0.2, 0.25) is 0 Å². The summed E-state index contributed by atoms with van der Waals surface area (Å²) < 4.78 is 54.8. The van der Waals surface area contributed by atoms with Crippen LogP contribution in [0, 0.1) is 6.92 Å². The molecule has 1 aliphatic rings. The van der Waals surface area contributed by atoms with Gasteiger partial charge in [0.2, 0.25) is 5.91 Å². The molecule has 0 radical (unpaired) electrons. The molecule has 3 heterocycles. The summed E-state index contributed by atoms with van der Waals surface area (Å²) in [5.41, 5.74) is -0.166. The Morgan fingerprint density at radius 2 is 1.87 bits per heavy atom. The molecule has 4 rings (SSSR count). The predicted octanol–water partition coefficient (Wildman–Crippen LogP) is 5.37. The van der Waals surface area contributed by atoms with Crippen molar-refractivity contribution >= 4 is 16.9 Å². The summed E-state index contributed by atoms with van der Waals surface area (Å²) in [6.07, 6.45) is -3.30. The van der Waals surface area contributed by atoms with Gasteiger partial charge in [-0.2, -0.15) is 5.10 Å². The van der Waals surface area contributed by atoms with Gasteiger partial charge in [0.05, 0.1) is 17.1 Å². The van der Waals surface area contributed by atoms with E-state index < -0.39 is 24.1 Å². The monoisotopic (exact) mass is 434 g/mol. The number of alkyl halides is 4. The fraction of sp³-hybridized carbons (Fsp3) is 0.409. The molecule has 0 spiro atoms. The van der Waals surface area contributed by atoms with Gasteiger partial charge in [-0.3, -0.25) is 4.79 Å². The van der Waals surface area contributed by atoms with Crippen LogP contribution in [0.1, 0.15) is 60.7 Å². The van der Waals surface area contributed by atoms with Gasteiger partial charge in [-0.1, -0.05) is 30.3 Å². The standard InChI is InChI=1S/C22H22F4N4O/c1-13-19-15(20(23)24)11-16(21(25)26)27-22(19)30(28-13)12-18(31)29-10-6-5-9-17(29)14-7-3-2-4-8-14/h2-4,7-8,11,17,20-21H,5-6,9-10,12H2,1H3. The molecule has 0 N–H and O–H groups in total. The lowest BCUT2D eigenvalue weighted by molar-refractivity contribution is -0.135. The van der Waals surface area contributed by atoms with E-state index in [-0.39, 0.29) is 35.2 Å². The molecule has 9 heteroatoms. The average molecular weight is 434 g/mol. The molecule has 1 aromatic carbocycles. The molecule has 1 saturated heterocycles. The highest BCUT2D eigenvalue weighted by Gasteiger charge is 2.29. The Morgan fingerprint density at radius 1 is 1.13 bits per heavy atom. The highest BCUT2D eigenvalue weighted by molar-refractivity contribution is 5.85. The number of halogens is 4. The smallest absolute Gasteiger partial charge is 0.280 e. The highest BCUT2D eigenvalue weighted by atomic mass is 19.3. The van der Waals surface area contributed by atoms with Gasteiger partial charge in [0.25, 0.3) is 12.9 Å². The second-order valence-corrected chi connectivity index (χ2v) is 7.69. The average Bonchev–Trinajstić information content (AvgIpc) is 3.08. The number of aromatic nitrogens is 3. The first-order valence-corrected chi connectivity index (χ1v) is 10.2. The van der Waals surface area contributed by atoms with Crippen LogP contribution < -0.4 is 0 Å². The van der Waals surface area contributed by atoms with Crippen LogP contribution in [-0.2, 0) is 11.3 Å². The van der Waals surface area contributed by atoms with Crippen molar-refractivity contribution in [2.24, 2.45) is 0 Å². The van der Waals surface area contributed by atoms with Crippen LogP contribution >= 0.6 is 0 Å². The third-order valence-corrected chi connectivity index (χ3v) is 5.68. The van der Waals surface area contributed by atoms with E-state index in [0.717, 1.165) is 24.8 Å². The second-order valence-electron chi connectivity index (χ2n) is 7.69. The zero-order valence-electron chi connectivity index (χ0n) is 16.9. The minimum Gasteiger partial charge on any atom is -0.334 e. The molecule has 0 aliphatic carbocycles. The van der Waals surface area contributed by atoms with E-state index in [4.69, 9.17) is 0 Å². The van der Waals surface area contributed by atoms with Crippen LogP contribution in [0.15, 0.2) is 36.4 Å². The van der Waals surface area contributed by atoms with E-state index in [2.05, 4.69) is 10.1 Å². The van der Waals surface area contributed by atoms with Crippen molar-refractivity contribution in [1.82, 2.24) is 19.7 Å². The first-order chi connectivity index (χ1) is 14.9. The summed E-state index contributed by atoms with van der Waals surface area (Å²) >= 11 is 0. The minimum absolute atomic E-state index is 0.0189. The lowest BCUT2D eigenvalue weighted by atomic mass is 9.95. The molecule has 5 nitrogen and oxygen atoms in total. The van der Waals surface area contributed by atoms with Gasteiger partial charge in [-0.25, -0.2) is 27.2 Å². The lowest BCUT2D eigenvalue weighted by Gasteiger charge is -2.36. The van der Waals surface area contributed by atoms with Crippen molar-refractivity contribution in [2.45, 2.75) is 51.6 Å². The SMILES string of the molecule is Cc1nn(CC(=O)N2CCCCC2c2ccccc2)c2nc(C(F)F)cc(C(F)F)c12. The maximum atomic E-state index is 13.5. The maximum Gasteiger partial charge on any atom is 0.280 e. The summed E-state index contributed by atoms with van der Waals surface area (Å²) in [6, 6.07) is 10.3. The number of fused-ring (bicyclic) bond motifs is 1. The zero-order valence-corrected chi connectivity index (χ0v) is 16.9. The normalized spacial score (nSPS) is 17.1. The molecule has 3 aromatic rings. The molecular weight excluding hydrogens is 412 g/mol. The van der Waals surface area contributed by atoms with Crippen LogP contribution in [0.5, 0.6) is 0 Å². The van der Waals surface area contributed by atoms with Crippen molar-refractivity contribution in [1.29, 1.82) is 0 Å². The van der Waals surface area contributed by atoms with Crippen molar-refractivity contribution in [3.05, 3.63) is 58.9 Å². The highest BCUT2D eigenvalue weighted by Crippen LogP contribution is 2.34. The van der Waals surface area contributed by atoms with E-state index in [1.807, 2.05) is 30.3 Å². The number of pyridine rings is 1. The van der Waals surface area contributed by atoms with Crippen LogP contribution in [0.4, 0.5) is 17.6 Å². The van der Waals surface area contributed by atoms with Gasteiger partial charge in [0, 0.05) is 12.1 Å². The van der Waals surface area contributed by atoms with Crippen molar-refractivity contribution in [3.8, 4) is 0 Å². The van der Waals surface area contributed by atoms with Crippen LogP contribution in [0.25, 0.3) is 11.0 Å². The Labute approximate surface area is 176 Å². The van der Waals surface area contributed by atoms with E-state index in [1.165, 1.54) is 11.6 Å². The molecule has 2 aromatic heterocycles. The molecule has 1 atom stereocenters. The number of benzene rings is 1. The maximum absolute atomic E-state index is 13.5. The number of piperidine rings is 1. The number of carbonyl (C=O) groups excluding carboxylic acids is 1. The number of hydrogen-bond donors (Lipinski definition) is 0. The molecule has 164 valence electrons. The number of amides is 1. The lowest BCUT2D eigenvalue weighted by Crippen LogP contribution is -2.40. The third kappa shape index (κ3) is 4.13. The van der Waals surface area contributed by atoms with Gasteiger partial charge in [0.15, 0.2) is 5.65 Å².